The highest BCUT2D eigenvalue weighted by atomic mass is 16.5. The summed E-state index contributed by atoms with van der Waals surface area (Å²) < 4.78 is 6.00. The van der Waals surface area contributed by atoms with Crippen molar-refractivity contribution in [3.63, 3.8) is 0 Å². The van der Waals surface area contributed by atoms with Crippen molar-refractivity contribution in [2.45, 2.75) is 51.9 Å². The maximum Gasteiger partial charge on any atom is 0.137 e. The standard InChI is InChI=1S/C26H31N5O/c1-20-28-25-12-14-30(16-21-8-3-2-4-9-21)19-24(25)26(29-20)31(18-23-11-7-15-32-23)17-22-10-5-6-13-27-22/h2-6,8-10,13,23H,7,11-12,14-19H2,1H3/t23-/m1/s1. The van der Waals surface area contributed by atoms with Crippen LogP contribution in [0.4, 0.5) is 5.82 Å². The van der Waals surface area contributed by atoms with Gasteiger partial charge in [-0.2, -0.15) is 0 Å². The van der Waals surface area contributed by atoms with Crippen LogP contribution in [0.5, 0.6) is 0 Å². The molecule has 6 nitrogen and oxygen atoms in total. The third-order valence-corrected chi connectivity index (χ3v) is 6.30. The number of rotatable bonds is 7. The number of pyridine rings is 1. The summed E-state index contributed by atoms with van der Waals surface area (Å²) in [5, 5.41) is 0. The van der Waals surface area contributed by atoms with Crippen molar-refractivity contribution in [3.05, 3.63) is 83.1 Å². The van der Waals surface area contributed by atoms with Crippen LogP contribution in [0.15, 0.2) is 54.7 Å². The van der Waals surface area contributed by atoms with Crippen LogP contribution in [0.25, 0.3) is 0 Å². The minimum absolute atomic E-state index is 0.244. The number of ether oxygens (including phenoxy) is 1. The second kappa shape index (κ2) is 9.76. The van der Waals surface area contributed by atoms with Gasteiger partial charge in [-0.1, -0.05) is 36.4 Å². The normalized spacial score (nSPS) is 18.5. The molecule has 0 N–H and O–H groups in total. The summed E-state index contributed by atoms with van der Waals surface area (Å²) in [5.74, 6) is 1.89. The lowest BCUT2D eigenvalue weighted by Gasteiger charge is -2.34. The second-order valence-electron chi connectivity index (χ2n) is 8.80. The van der Waals surface area contributed by atoms with Gasteiger partial charge in [0.05, 0.1) is 24.0 Å². The third-order valence-electron chi connectivity index (χ3n) is 6.30. The maximum atomic E-state index is 6.00. The van der Waals surface area contributed by atoms with E-state index in [1.54, 1.807) is 0 Å². The quantitative estimate of drug-likeness (QED) is 0.567. The maximum absolute atomic E-state index is 6.00. The Kier molecular flexibility index (Phi) is 6.41. The van der Waals surface area contributed by atoms with Gasteiger partial charge in [0.15, 0.2) is 0 Å². The summed E-state index contributed by atoms with van der Waals surface area (Å²) >= 11 is 0. The number of fused-ring (bicyclic) bond motifs is 1. The molecule has 2 aliphatic heterocycles. The first-order valence-electron chi connectivity index (χ1n) is 11.6. The van der Waals surface area contributed by atoms with E-state index in [4.69, 9.17) is 14.7 Å². The van der Waals surface area contributed by atoms with Crippen molar-refractivity contribution >= 4 is 5.82 Å². The van der Waals surface area contributed by atoms with E-state index < -0.39 is 0 Å². The number of hydrogen-bond donors (Lipinski definition) is 0. The Hall–Kier alpha value is -2.83. The van der Waals surface area contributed by atoms with Crippen molar-refractivity contribution < 1.29 is 4.74 Å². The number of nitrogens with zero attached hydrogens (tertiary/aromatic N) is 5. The monoisotopic (exact) mass is 429 g/mol. The smallest absolute Gasteiger partial charge is 0.137 e. The SMILES string of the molecule is Cc1nc2c(c(N(Cc3ccccn3)C[C@H]3CCCO3)n1)CN(Cc1ccccc1)CC2. The molecule has 4 heterocycles. The zero-order chi connectivity index (χ0) is 21.8. The lowest BCUT2D eigenvalue weighted by molar-refractivity contribution is 0.115. The average molecular weight is 430 g/mol. The molecule has 5 rings (SSSR count). The molecule has 0 bridgehead atoms. The van der Waals surface area contributed by atoms with Crippen molar-refractivity contribution in [1.29, 1.82) is 0 Å². The number of anilines is 1. The van der Waals surface area contributed by atoms with Gasteiger partial charge in [-0.05, 0) is 37.5 Å². The third kappa shape index (κ3) is 4.97. The number of aryl methyl sites for hydroxylation is 1. The molecule has 0 saturated carbocycles. The Morgan fingerprint density at radius 2 is 1.97 bits per heavy atom. The number of aromatic nitrogens is 3. The van der Waals surface area contributed by atoms with Crippen LogP contribution in [0.3, 0.4) is 0 Å². The highest BCUT2D eigenvalue weighted by molar-refractivity contribution is 5.51. The lowest BCUT2D eigenvalue weighted by atomic mass is 10.0. The molecule has 2 aromatic heterocycles. The first kappa shape index (κ1) is 21.0. The van der Waals surface area contributed by atoms with Gasteiger partial charge >= 0.3 is 0 Å². The molecule has 3 aromatic rings. The van der Waals surface area contributed by atoms with Crippen LogP contribution >= 0.6 is 0 Å². The number of hydrogen-bond acceptors (Lipinski definition) is 6. The van der Waals surface area contributed by atoms with Crippen molar-refractivity contribution in [2.24, 2.45) is 0 Å². The first-order chi connectivity index (χ1) is 15.7. The first-order valence-corrected chi connectivity index (χ1v) is 11.6. The van der Waals surface area contributed by atoms with Gasteiger partial charge in [-0.15, -0.1) is 0 Å². The van der Waals surface area contributed by atoms with Crippen LogP contribution < -0.4 is 4.90 Å². The van der Waals surface area contributed by atoms with E-state index in [1.807, 2.05) is 19.2 Å². The highest BCUT2D eigenvalue weighted by Crippen LogP contribution is 2.29. The molecule has 1 atom stereocenters. The fourth-order valence-corrected chi connectivity index (χ4v) is 4.76. The molecule has 1 fully saturated rings. The Morgan fingerprint density at radius 1 is 1.09 bits per heavy atom. The van der Waals surface area contributed by atoms with Crippen LogP contribution in [-0.2, 0) is 30.8 Å². The van der Waals surface area contributed by atoms with E-state index in [2.05, 4.69) is 57.2 Å². The van der Waals surface area contributed by atoms with E-state index in [-0.39, 0.29) is 6.10 Å². The minimum atomic E-state index is 0.244. The molecule has 2 aliphatic rings. The second-order valence-corrected chi connectivity index (χ2v) is 8.80. The minimum Gasteiger partial charge on any atom is -0.376 e. The van der Waals surface area contributed by atoms with E-state index >= 15 is 0 Å². The zero-order valence-electron chi connectivity index (χ0n) is 18.8. The molecular formula is C26H31N5O. The molecule has 6 heteroatoms. The van der Waals surface area contributed by atoms with E-state index in [0.29, 0.717) is 0 Å². The highest BCUT2D eigenvalue weighted by Gasteiger charge is 2.27. The van der Waals surface area contributed by atoms with Crippen molar-refractivity contribution in [1.82, 2.24) is 19.9 Å². The van der Waals surface area contributed by atoms with Crippen LogP contribution in [0.2, 0.25) is 0 Å². The molecule has 0 aliphatic carbocycles. The molecule has 0 amide bonds. The molecule has 0 radical (unpaired) electrons. The Labute approximate surface area is 190 Å². The topological polar surface area (TPSA) is 54.4 Å². The van der Waals surface area contributed by atoms with Crippen molar-refractivity contribution in [3.8, 4) is 0 Å². The summed E-state index contributed by atoms with van der Waals surface area (Å²) in [6.45, 7) is 7.24. The van der Waals surface area contributed by atoms with Crippen LogP contribution in [-0.4, -0.2) is 45.7 Å². The van der Waals surface area contributed by atoms with E-state index in [0.717, 1.165) is 75.9 Å². The van der Waals surface area contributed by atoms with Gasteiger partial charge in [0.2, 0.25) is 0 Å². The van der Waals surface area contributed by atoms with Gasteiger partial charge in [-0.3, -0.25) is 9.88 Å². The summed E-state index contributed by atoms with van der Waals surface area (Å²) in [7, 11) is 0. The largest absolute Gasteiger partial charge is 0.376 e. The van der Waals surface area contributed by atoms with Gasteiger partial charge in [0.1, 0.15) is 11.6 Å². The Balaban J connectivity index is 1.45. The summed E-state index contributed by atoms with van der Waals surface area (Å²) in [5.41, 5.74) is 4.84. The molecule has 1 aromatic carbocycles. The molecule has 1 saturated heterocycles. The van der Waals surface area contributed by atoms with Crippen LogP contribution in [0, 0.1) is 6.92 Å². The van der Waals surface area contributed by atoms with Crippen molar-refractivity contribution in [2.75, 3.05) is 24.6 Å². The van der Waals surface area contributed by atoms with Gasteiger partial charge in [0, 0.05) is 51.0 Å². The summed E-state index contributed by atoms with van der Waals surface area (Å²) in [6.07, 6.45) is 5.30. The fraction of sp³-hybridized carbons (Fsp3) is 0.423. The van der Waals surface area contributed by atoms with Gasteiger partial charge in [0.25, 0.3) is 0 Å². The van der Waals surface area contributed by atoms with Crippen LogP contribution in [0.1, 0.15) is 41.2 Å². The molecule has 0 spiro atoms. The molecular weight excluding hydrogens is 398 g/mol. The average Bonchev–Trinajstić information content (AvgIpc) is 3.33. The lowest BCUT2D eigenvalue weighted by Crippen LogP contribution is -2.37. The number of benzene rings is 1. The van der Waals surface area contributed by atoms with Gasteiger partial charge < -0.3 is 9.64 Å². The predicted octanol–water partition coefficient (Wildman–Crippen LogP) is 3.92. The zero-order valence-corrected chi connectivity index (χ0v) is 18.8. The fourth-order valence-electron chi connectivity index (χ4n) is 4.76. The summed E-state index contributed by atoms with van der Waals surface area (Å²) in [6, 6.07) is 16.8. The Bertz CT molecular complexity index is 1020. The van der Waals surface area contributed by atoms with E-state index in [9.17, 15) is 0 Å². The predicted molar refractivity (Wildman–Crippen MR) is 125 cm³/mol. The molecule has 166 valence electrons. The Morgan fingerprint density at radius 3 is 2.75 bits per heavy atom. The molecule has 32 heavy (non-hydrogen) atoms. The van der Waals surface area contributed by atoms with Gasteiger partial charge in [-0.25, -0.2) is 9.97 Å². The van der Waals surface area contributed by atoms with E-state index in [1.165, 1.54) is 16.8 Å². The molecule has 0 unspecified atom stereocenters. The summed E-state index contributed by atoms with van der Waals surface area (Å²) in [4.78, 5) is 19.3.